The largest absolute Gasteiger partial charge is 0.378 e. The van der Waals surface area contributed by atoms with Crippen LogP contribution in [0.4, 0.5) is 0 Å². The first-order valence-corrected chi connectivity index (χ1v) is 9.45. The summed E-state index contributed by atoms with van der Waals surface area (Å²) >= 11 is 0. The Labute approximate surface area is 158 Å². The number of hydrogen-bond acceptors (Lipinski definition) is 4. The van der Waals surface area contributed by atoms with Crippen molar-refractivity contribution in [1.82, 2.24) is 19.7 Å². The fourth-order valence-corrected chi connectivity index (χ4v) is 3.69. The molecular formula is C21H24N4O2. The Hall–Kier alpha value is -2.73. The number of ether oxygens (including phenoxy) is 1. The predicted molar refractivity (Wildman–Crippen MR) is 104 cm³/mol. The van der Waals surface area contributed by atoms with E-state index in [9.17, 15) is 4.79 Å². The van der Waals surface area contributed by atoms with Crippen molar-refractivity contribution >= 4 is 16.8 Å². The summed E-state index contributed by atoms with van der Waals surface area (Å²) in [7, 11) is 1.87. The van der Waals surface area contributed by atoms with Crippen molar-refractivity contribution in [3.05, 3.63) is 48.3 Å². The second-order valence-corrected chi connectivity index (χ2v) is 6.92. The molecule has 140 valence electrons. The summed E-state index contributed by atoms with van der Waals surface area (Å²) in [5.41, 5.74) is 3.21. The number of benzene rings is 1. The van der Waals surface area contributed by atoms with Crippen LogP contribution in [0.25, 0.3) is 22.2 Å². The molecule has 0 N–H and O–H groups in total. The molecule has 1 aliphatic heterocycles. The van der Waals surface area contributed by atoms with Crippen molar-refractivity contribution in [2.45, 2.75) is 25.9 Å². The van der Waals surface area contributed by atoms with Gasteiger partial charge in [-0.2, -0.15) is 5.10 Å². The predicted octanol–water partition coefficient (Wildman–Crippen LogP) is 3.28. The average Bonchev–Trinajstić information content (AvgIpc) is 3.14. The second-order valence-electron chi connectivity index (χ2n) is 6.92. The third-order valence-electron chi connectivity index (χ3n) is 5.08. The molecule has 2 aromatic heterocycles. The van der Waals surface area contributed by atoms with Crippen molar-refractivity contribution < 1.29 is 9.53 Å². The molecule has 6 heteroatoms. The SMILES string of the molecule is CCOC1CCN(C(=O)c2cc(-c3cnn(C)c3)nc3ccccc23)CC1. The van der Waals surface area contributed by atoms with E-state index in [4.69, 9.17) is 9.72 Å². The maximum Gasteiger partial charge on any atom is 0.254 e. The Balaban J connectivity index is 1.69. The average molecular weight is 364 g/mol. The van der Waals surface area contributed by atoms with Gasteiger partial charge in [0.2, 0.25) is 0 Å². The topological polar surface area (TPSA) is 60.2 Å². The first-order chi connectivity index (χ1) is 13.2. The van der Waals surface area contributed by atoms with E-state index < -0.39 is 0 Å². The molecule has 0 atom stereocenters. The lowest BCUT2D eigenvalue weighted by Crippen LogP contribution is -2.41. The molecule has 0 aliphatic carbocycles. The van der Waals surface area contributed by atoms with Crippen LogP contribution in [0.15, 0.2) is 42.7 Å². The van der Waals surface area contributed by atoms with Gasteiger partial charge in [0.05, 0.1) is 29.1 Å². The monoisotopic (exact) mass is 364 g/mol. The van der Waals surface area contributed by atoms with Gasteiger partial charge in [-0.05, 0) is 31.9 Å². The lowest BCUT2D eigenvalue weighted by Gasteiger charge is -2.32. The summed E-state index contributed by atoms with van der Waals surface area (Å²) in [5.74, 6) is 0.0636. The van der Waals surface area contributed by atoms with Crippen LogP contribution < -0.4 is 0 Å². The zero-order valence-corrected chi connectivity index (χ0v) is 15.8. The highest BCUT2D eigenvalue weighted by Crippen LogP contribution is 2.26. The molecule has 0 saturated carbocycles. The first kappa shape index (κ1) is 17.7. The molecule has 27 heavy (non-hydrogen) atoms. The standard InChI is InChI=1S/C21H24N4O2/c1-3-27-16-8-10-25(11-9-16)21(26)18-12-20(15-13-22-24(2)14-15)23-19-7-5-4-6-17(18)19/h4-7,12-14,16H,3,8-11H2,1-2H3. The smallest absolute Gasteiger partial charge is 0.254 e. The van der Waals surface area contributed by atoms with Gasteiger partial charge in [-0.15, -0.1) is 0 Å². The molecule has 3 heterocycles. The summed E-state index contributed by atoms with van der Waals surface area (Å²) in [6, 6.07) is 9.72. The van der Waals surface area contributed by atoms with E-state index in [1.165, 1.54) is 0 Å². The van der Waals surface area contributed by atoms with E-state index in [2.05, 4.69) is 5.10 Å². The second kappa shape index (κ2) is 7.48. The molecule has 6 nitrogen and oxygen atoms in total. The maximum absolute atomic E-state index is 13.3. The van der Waals surface area contributed by atoms with Crippen molar-refractivity contribution in [3.8, 4) is 11.3 Å². The zero-order valence-electron chi connectivity index (χ0n) is 15.8. The van der Waals surface area contributed by atoms with Crippen molar-refractivity contribution in [3.63, 3.8) is 0 Å². The molecule has 0 unspecified atom stereocenters. The minimum Gasteiger partial charge on any atom is -0.378 e. The highest BCUT2D eigenvalue weighted by molar-refractivity contribution is 6.07. The summed E-state index contributed by atoms with van der Waals surface area (Å²) in [5, 5.41) is 5.12. The summed E-state index contributed by atoms with van der Waals surface area (Å²) in [4.78, 5) is 20.0. The number of piperidine rings is 1. The van der Waals surface area contributed by atoms with Crippen molar-refractivity contribution in [2.75, 3.05) is 19.7 Å². The van der Waals surface area contributed by atoms with Crippen molar-refractivity contribution in [1.29, 1.82) is 0 Å². The lowest BCUT2D eigenvalue weighted by molar-refractivity contribution is 0.0146. The van der Waals surface area contributed by atoms with Crippen LogP contribution in [0.2, 0.25) is 0 Å². The number of likely N-dealkylation sites (tertiary alicyclic amines) is 1. The van der Waals surface area contributed by atoms with Gasteiger partial charge in [-0.3, -0.25) is 9.48 Å². The molecule has 1 aromatic carbocycles. The number of carbonyl (C=O) groups excluding carboxylic acids is 1. The Kier molecular flexibility index (Phi) is 4.90. The number of amides is 1. The summed E-state index contributed by atoms with van der Waals surface area (Å²) in [6.07, 6.45) is 5.73. The highest BCUT2D eigenvalue weighted by atomic mass is 16.5. The minimum absolute atomic E-state index is 0.0636. The Bertz CT molecular complexity index is 958. The number of fused-ring (bicyclic) bond motifs is 1. The number of pyridine rings is 1. The van der Waals surface area contributed by atoms with Gasteiger partial charge >= 0.3 is 0 Å². The number of aromatic nitrogens is 3. The molecule has 1 amide bonds. The van der Waals surface area contributed by atoms with Crippen LogP contribution in [0.3, 0.4) is 0 Å². The molecule has 4 rings (SSSR count). The number of nitrogens with zero attached hydrogens (tertiary/aromatic N) is 4. The highest BCUT2D eigenvalue weighted by Gasteiger charge is 2.25. The third kappa shape index (κ3) is 3.57. The number of hydrogen-bond donors (Lipinski definition) is 0. The molecule has 3 aromatic rings. The van der Waals surface area contributed by atoms with E-state index in [0.29, 0.717) is 5.56 Å². The van der Waals surface area contributed by atoms with Gasteiger partial charge < -0.3 is 9.64 Å². The van der Waals surface area contributed by atoms with E-state index in [0.717, 1.165) is 54.7 Å². The molecule has 1 saturated heterocycles. The molecule has 1 aliphatic rings. The van der Waals surface area contributed by atoms with Gasteiger partial charge in [0.15, 0.2) is 0 Å². The quantitative estimate of drug-likeness (QED) is 0.713. The molecule has 0 bridgehead atoms. The van der Waals surface area contributed by atoms with Crippen LogP contribution in [0.1, 0.15) is 30.1 Å². The van der Waals surface area contributed by atoms with Crippen LogP contribution in [0.5, 0.6) is 0 Å². The summed E-state index contributed by atoms with van der Waals surface area (Å²) in [6.45, 7) is 4.19. The lowest BCUT2D eigenvalue weighted by atomic mass is 10.0. The first-order valence-electron chi connectivity index (χ1n) is 9.45. The van der Waals surface area contributed by atoms with E-state index in [-0.39, 0.29) is 12.0 Å². The van der Waals surface area contributed by atoms with Gasteiger partial charge in [0, 0.05) is 43.9 Å². The molecule has 0 spiro atoms. The number of rotatable bonds is 4. The Morgan fingerprint density at radius 3 is 2.74 bits per heavy atom. The molecule has 0 radical (unpaired) electrons. The van der Waals surface area contributed by atoms with E-state index in [1.807, 2.05) is 55.4 Å². The number of carbonyl (C=O) groups is 1. The van der Waals surface area contributed by atoms with E-state index in [1.54, 1.807) is 10.9 Å². The minimum atomic E-state index is 0.0636. The van der Waals surface area contributed by atoms with E-state index >= 15 is 0 Å². The van der Waals surface area contributed by atoms with Crippen LogP contribution in [0, 0.1) is 0 Å². The fraction of sp³-hybridized carbons (Fsp3) is 0.381. The molecular weight excluding hydrogens is 340 g/mol. The van der Waals surface area contributed by atoms with Crippen LogP contribution in [-0.2, 0) is 11.8 Å². The van der Waals surface area contributed by atoms with Crippen LogP contribution >= 0.6 is 0 Å². The van der Waals surface area contributed by atoms with Crippen LogP contribution in [-0.4, -0.2) is 51.4 Å². The Morgan fingerprint density at radius 1 is 1.26 bits per heavy atom. The number of para-hydroxylation sites is 1. The fourth-order valence-electron chi connectivity index (χ4n) is 3.69. The van der Waals surface area contributed by atoms with Crippen molar-refractivity contribution in [2.24, 2.45) is 7.05 Å². The maximum atomic E-state index is 13.3. The zero-order chi connectivity index (χ0) is 18.8. The third-order valence-corrected chi connectivity index (χ3v) is 5.08. The van der Waals surface area contributed by atoms with Gasteiger partial charge in [-0.1, -0.05) is 18.2 Å². The normalized spacial score (nSPS) is 15.4. The molecule has 1 fully saturated rings. The van der Waals surface area contributed by atoms with Gasteiger partial charge in [0.25, 0.3) is 5.91 Å². The Morgan fingerprint density at radius 2 is 2.04 bits per heavy atom. The van der Waals surface area contributed by atoms with Gasteiger partial charge in [-0.25, -0.2) is 4.98 Å². The van der Waals surface area contributed by atoms with Gasteiger partial charge in [0.1, 0.15) is 0 Å². The number of aryl methyl sites for hydroxylation is 1. The summed E-state index contributed by atoms with van der Waals surface area (Å²) < 4.78 is 7.45.